The summed E-state index contributed by atoms with van der Waals surface area (Å²) in [6, 6.07) is 14.0. The van der Waals surface area contributed by atoms with E-state index in [1.54, 1.807) is 11.7 Å². The number of amides is 1. The quantitative estimate of drug-likeness (QED) is 0.236. The Labute approximate surface area is 280 Å². The average molecular weight is 659 g/mol. The number of likely N-dealkylation sites (tertiary alicyclic amines) is 1. The number of halogens is 1. The van der Waals surface area contributed by atoms with Gasteiger partial charge in [-0.3, -0.25) is 18.9 Å². The molecule has 0 atom stereocenters. The number of hydrogen-bond acceptors (Lipinski definition) is 7. The topological polar surface area (TPSA) is 115 Å². The van der Waals surface area contributed by atoms with Crippen LogP contribution >= 0.6 is 11.6 Å². The van der Waals surface area contributed by atoms with Crippen LogP contribution in [0.15, 0.2) is 59.7 Å². The fourth-order valence-electron chi connectivity index (χ4n) is 6.45. The number of aromatic nitrogens is 4. The maximum absolute atomic E-state index is 13.6. The number of hydrogen-bond donors (Lipinski definition) is 2. The maximum atomic E-state index is 13.6. The van der Waals surface area contributed by atoms with Gasteiger partial charge in [-0.05, 0) is 81.2 Å². The highest BCUT2D eigenvalue weighted by atomic mass is 35.5. The third-order valence-electron chi connectivity index (χ3n) is 8.99. The normalized spacial score (nSPS) is 16.8. The highest BCUT2D eigenvalue weighted by Crippen LogP contribution is 2.32. The molecule has 6 rings (SSSR count). The van der Waals surface area contributed by atoms with E-state index in [2.05, 4.69) is 44.6 Å². The van der Waals surface area contributed by atoms with E-state index in [1.165, 1.54) is 28.5 Å². The minimum atomic E-state index is -1.03. The Morgan fingerprint density at radius 2 is 1.81 bits per heavy atom. The summed E-state index contributed by atoms with van der Waals surface area (Å²) in [5, 5.41) is 19.6. The standard InChI is InChI=1S/C36H43ClN6O4/c1-35(2,3)47-34(45)38-20-24-9-11-26(12-10-24)32-30-31(40-41(32)4)33(44)43(23-39-30)22-36(46)15-17-42(18-16-36)21-28-14-13-27(19-29(28)37)25-7-5-6-8-25/h7,9-14,19,23,46H,5-6,8,15-18,20-22H2,1-4H3,(H,38,45). The minimum Gasteiger partial charge on any atom is -0.444 e. The van der Waals surface area contributed by atoms with Gasteiger partial charge in [-0.15, -0.1) is 0 Å². The van der Waals surface area contributed by atoms with Crippen molar-refractivity contribution in [2.75, 3.05) is 13.1 Å². The number of fused-ring (bicyclic) bond motifs is 1. The molecule has 248 valence electrons. The molecule has 47 heavy (non-hydrogen) atoms. The summed E-state index contributed by atoms with van der Waals surface area (Å²) < 4.78 is 8.44. The first kappa shape index (κ1) is 32.9. The van der Waals surface area contributed by atoms with Crippen molar-refractivity contribution in [3.05, 3.63) is 86.9 Å². The van der Waals surface area contributed by atoms with Crippen molar-refractivity contribution >= 4 is 34.3 Å². The zero-order valence-electron chi connectivity index (χ0n) is 27.6. The Hall–Kier alpha value is -3.99. The number of nitrogens with one attached hydrogen (secondary N) is 1. The number of aliphatic hydroxyl groups is 1. The number of allylic oxidation sites excluding steroid dienone is 2. The lowest BCUT2D eigenvalue weighted by Gasteiger charge is -2.38. The van der Waals surface area contributed by atoms with Gasteiger partial charge in [-0.1, -0.05) is 54.1 Å². The molecule has 2 aromatic carbocycles. The van der Waals surface area contributed by atoms with Crippen LogP contribution in [0.2, 0.25) is 5.02 Å². The summed E-state index contributed by atoms with van der Waals surface area (Å²) in [5.41, 5.74) is 5.03. The van der Waals surface area contributed by atoms with Gasteiger partial charge in [0.2, 0.25) is 0 Å². The van der Waals surface area contributed by atoms with Crippen LogP contribution in [0.4, 0.5) is 4.79 Å². The number of rotatable bonds is 8. The van der Waals surface area contributed by atoms with E-state index in [1.807, 2.05) is 45.0 Å². The predicted octanol–water partition coefficient (Wildman–Crippen LogP) is 6.07. The molecule has 2 aromatic heterocycles. The van der Waals surface area contributed by atoms with Crippen LogP contribution in [0.5, 0.6) is 0 Å². The highest BCUT2D eigenvalue weighted by Gasteiger charge is 2.34. The lowest BCUT2D eigenvalue weighted by atomic mass is 9.91. The fraction of sp³-hybridized carbons (Fsp3) is 0.444. The molecular formula is C36H43ClN6O4. The highest BCUT2D eigenvalue weighted by molar-refractivity contribution is 6.31. The zero-order valence-corrected chi connectivity index (χ0v) is 28.3. The van der Waals surface area contributed by atoms with Gasteiger partial charge < -0.3 is 15.2 Å². The van der Waals surface area contributed by atoms with E-state index in [9.17, 15) is 14.7 Å². The Morgan fingerprint density at radius 1 is 1.09 bits per heavy atom. The monoisotopic (exact) mass is 658 g/mol. The molecule has 0 spiro atoms. The van der Waals surface area contributed by atoms with Crippen LogP contribution in [-0.4, -0.2) is 59.7 Å². The van der Waals surface area contributed by atoms with Gasteiger partial charge in [0.1, 0.15) is 11.1 Å². The number of aryl methyl sites for hydroxylation is 1. The van der Waals surface area contributed by atoms with E-state index < -0.39 is 17.3 Å². The SMILES string of the molecule is Cn1nc2c(=O)n(CC3(O)CCN(Cc4ccc(C5=CCCC5)cc4Cl)CC3)cnc2c1-c1ccc(CNC(=O)OC(C)(C)C)cc1. The molecule has 1 aliphatic heterocycles. The largest absolute Gasteiger partial charge is 0.444 e. The van der Waals surface area contributed by atoms with Crippen molar-refractivity contribution in [1.82, 2.24) is 29.5 Å². The second-order valence-corrected chi connectivity index (χ2v) is 14.2. The lowest BCUT2D eigenvalue weighted by molar-refractivity contribution is -0.0364. The number of carbonyl (C=O) groups excluding carboxylic acids is 1. The molecule has 2 aliphatic rings. The first-order valence-electron chi connectivity index (χ1n) is 16.3. The van der Waals surface area contributed by atoms with Crippen LogP contribution in [0.1, 0.15) is 69.6 Å². The molecule has 4 aromatic rings. The number of carbonyl (C=O) groups is 1. The second kappa shape index (κ2) is 13.3. The average Bonchev–Trinajstić information content (AvgIpc) is 3.68. The first-order valence-corrected chi connectivity index (χ1v) is 16.7. The van der Waals surface area contributed by atoms with Crippen molar-refractivity contribution in [2.45, 2.75) is 83.7 Å². The Balaban J connectivity index is 1.09. The molecule has 10 nitrogen and oxygen atoms in total. The number of benzene rings is 2. The van der Waals surface area contributed by atoms with Crippen molar-refractivity contribution in [1.29, 1.82) is 0 Å². The molecule has 3 heterocycles. The Kier molecular flexibility index (Phi) is 9.29. The van der Waals surface area contributed by atoms with Gasteiger partial charge >= 0.3 is 6.09 Å². The molecule has 1 amide bonds. The number of piperidine rings is 1. The summed E-state index contributed by atoms with van der Waals surface area (Å²) in [6.07, 6.45) is 7.86. The van der Waals surface area contributed by atoms with E-state index in [-0.39, 0.29) is 17.6 Å². The lowest BCUT2D eigenvalue weighted by Crippen LogP contribution is -2.47. The third-order valence-corrected chi connectivity index (χ3v) is 9.34. The summed E-state index contributed by atoms with van der Waals surface area (Å²) in [7, 11) is 1.79. The van der Waals surface area contributed by atoms with Gasteiger partial charge in [0.25, 0.3) is 5.56 Å². The number of ether oxygens (including phenoxy) is 1. The van der Waals surface area contributed by atoms with Gasteiger partial charge in [0.15, 0.2) is 5.52 Å². The molecule has 0 bridgehead atoms. The van der Waals surface area contributed by atoms with E-state index in [4.69, 9.17) is 16.3 Å². The molecular weight excluding hydrogens is 616 g/mol. The molecule has 1 fully saturated rings. The number of alkyl carbamates (subject to hydrolysis) is 1. The Morgan fingerprint density at radius 3 is 2.47 bits per heavy atom. The van der Waals surface area contributed by atoms with E-state index in [0.717, 1.165) is 46.8 Å². The summed E-state index contributed by atoms with van der Waals surface area (Å²) in [5.74, 6) is 0. The van der Waals surface area contributed by atoms with Crippen LogP contribution in [0.3, 0.4) is 0 Å². The first-order chi connectivity index (χ1) is 22.4. The fourth-order valence-corrected chi connectivity index (χ4v) is 6.69. The van der Waals surface area contributed by atoms with Crippen LogP contribution < -0.4 is 10.9 Å². The minimum absolute atomic E-state index is 0.151. The molecule has 0 radical (unpaired) electrons. The molecule has 1 saturated heterocycles. The third kappa shape index (κ3) is 7.61. The van der Waals surface area contributed by atoms with Crippen molar-refractivity contribution in [3.63, 3.8) is 0 Å². The smallest absolute Gasteiger partial charge is 0.407 e. The Bertz CT molecular complexity index is 1860. The summed E-state index contributed by atoms with van der Waals surface area (Å²) in [6.45, 7) is 8.05. The van der Waals surface area contributed by atoms with Crippen LogP contribution in [-0.2, 0) is 31.4 Å². The zero-order chi connectivity index (χ0) is 33.3. The van der Waals surface area contributed by atoms with Crippen LogP contribution in [0.25, 0.3) is 27.9 Å². The van der Waals surface area contributed by atoms with Crippen molar-refractivity contribution in [3.8, 4) is 11.3 Å². The van der Waals surface area contributed by atoms with Gasteiger partial charge in [-0.25, -0.2) is 9.78 Å². The molecule has 0 unspecified atom stereocenters. The number of nitrogens with zero attached hydrogens (tertiary/aromatic N) is 5. The predicted molar refractivity (Wildman–Crippen MR) is 184 cm³/mol. The van der Waals surface area contributed by atoms with E-state index in [0.29, 0.717) is 38.0 Å². The molecule has 1 aliphatic carbocycles. The maximum Gasteiger partial charge on any atom is 0.407 e. The van der Waals surface area contributed by atoms with Gasteiger partial charge in [0, 0.05) is 43.8 Å². The van der Waals surface area contributed by atoms with Gasteiger partial charge in [-0.2, -0.15) is 5.10 Å². The van der Waals surface area contributed by atoms with Crippen LogP contribution in [0, 0.1) is 0 Å². The second-order valence-electron chi connectivity index (χ2n) is 13.8. The molecule has 0 saturated carbocycles. The summed E-state index contributed by atoms with van der Waals surface area (Å²) in [4.78, 5) is 32.5. The van der Waals surface area contributed by atoms with Gasteiger partial charge in [0.05, 0.1) is 24.2 Å². The molecule has 11 heteroatoms. The van der Waals surface area contributed by atoms with E-state index >= 15 is 0 Å². The van der Waals surface area contributed by atoms with Crippen molar-refractivity contribution < 1.29 is 14.6 Å². The van der Waals surface area contributed by atoms with Crippen molar-refractivity contribution in [2.24, 2.45) is 7.05 Å². The summed E-state index contributed by atoms with van der Waals surface area (Å²) >= 11 is 6.68. The molecule has 2 N–H and O–H groups in total.